The summed E-state index contributed by atoms with van der Waals surface area (Å²) in [7, 11) is 4.12. The van der Waals surface area contributed by atoms with Crippen molar-refractivity contribution >= 4 is 28.9 Å². The van der Waals surface area contributed by atoms with Crippen LogP contribution < -0.4 is 0 Å². The number of hydrogen-bond acceptors (Lipinski definition) is 4. The first kappa shape index (κ1) is 14.9. The van der Waals surface area contributed by atoms with Crippen LogP contribution in [0.25, 0.3) is 0 Å². The van der Waals surface area contributed by atoms with Gasteiger partial charge in [0.15, 0.2) is 14.2 Å². The lowest BCUT2D eigenvalue weighted by Gasteiger charge is -2.16. The molecule has 0 saturated heterocycles. The van der Waals surface area contributed by atoms with E-state index in [4.69, 9.17) is 14.5 Å². The smallest absolute Gasteiger partial charge is 0.177 e. The van der Waals surface area contributed by atoms with Crippen LogP contribution in [0.5, 0.6) is 0 Å². The van der Waals surface area contributed by atoms with Crippen molar-refractivity contribution in [3.05, 3.63) is 12.7 Å². The van der Waals surface area contributed by atoms with E-state index in [1.807, 2.05) is 0 Å². The third-order valence-electron chi connectivity index (χ3n) is 1.86. The van der Waals surface area contributed by atoms with Gasteiger partial charge in [0, 0.05) is 19.7 Å². The van der Waals surface area contributed by atoms with Gasteiger partial charge in [-0.05, 0) is 6.42 Å². The lowest BCUT2D eigenvalue weighted by Crippen LogP contribution is -2.22. The van der Waals surface area contributed by atoms with Crippen LogP contribution in [0.3, 0.4) is 0 Å². The molecule has 0 radical (unpaired) electrons. The van der Waals surface area contributed by atoms with E-state index in [0.29, 0.717) is 6.42 Å². The molecule has 2 atom stereocenters. The van der Waals surface area contributed by atoms with Crippen molar-refractivity contribution in [2.45, 2.75) is 6.42 Å². The number of nitrogens with one attached hydrogen (secondary N) is 1. The molecule has 0 aromatic carbocycles. The van der Waals surface area contributed by atoms with Crippen LogP contribution in [0.15, 0.2) is 12.7 Å². The van der Waals surface area contributed by atoms with Crippen LogP contribution >= 0.6 is 17.6 Å². The van der Waals surface area contributed by atoms with E-state index in [9.17, 15) is 4.79 Å². The number of allylic oxidation sites excluding steroid dienone is 1. The Kier molecular flexibility index (Phi) is 7.99. The summed E-state index contributed by atoms with van der Waals surface area (Å²) in [6.45, 7) is 3.57. The molecular weight excluding hydrogens is 232 g/mol. The van der Waals surface area contributed by atoms with Crippen LogP contribution in [-0.2, 0) is 13.8 Å². The molecule has 0 aliphatic heterocycles. The Labute approximate surface area is 94.0 Å². The van der Waals surface area contributed by atoms with Gasteiger partial charge < -0.3 is 14.5 Å². The largest absolute Gasteiger partial charge is 0.337 e. The lowest BCUT2D eigenvalue weighted by atomic mass is 10.0. The third kappa shape index (κ3) is 5.48. The highest BCUT2D eigenvalue weighted by Crippen LogP contribution is 2.36. The SMILES string of the molecule is C=CC[C@H](C(=N)P)C(=O)CP(OC)OC. The molecule has 15 heavy (non-hydrogen) atoms. The van der Waals surface area contributed by atoms with E-state index in [2.05, 4.69) is 15.8 Å². The summed E-state index contributed by atoms with van der Waals surface area (Å²) in [5.74, 6) is -0.451. The zero-order valence-electron chi connectivity index (χ0n) is 9.03. The summed E-state index contributed by atoms with van der Waals surface area (Å²) in [6, 6.07) is 0. The average Bonchev–Trinajstić information content (AvgIpc) is 2.21. The molecule has 0 aromatic rings. The first-order chi connectivity index (χ1) is 7.06. The average molecular weight is 249 g/mol. The number of ketones is 1. The van der Waals surface area contributed by atoms with Crippen molar-refractivity contribution in [1.29, 1.82) is 5.41 Å². The van der Waals surface area contributed by atoms with Gasteiger partial charge in [-0.25, -0.2) is 0 Å². The molecular formula is C9H17NO3P2. The molecule has 0 saturated carbocycles. The van der Waals surface area contributed by atoms with Gasteiger partial charge in [0.05, 0.1) is 12.1 Å². The standard InChI is InChI=1S/C9H17NO3P2/c1-4-5-7(9(10)14)8(11)6-15(12-2)13-3/h4,7,10H,1,5-6,14H2,2-3H3/t7-/m0/s1. The van der Waals surface area contributed by atoms with Crippen LogP contribution in [-0.4, -0.2) is 31.6 Å². The van der Waals surface area contributed by atoms with E-state index in [1.54, 1.807) is 6.08 Å². The molecule has 0 bridgehead atoms. The Morgan fingerprint density at radius 3 is 2.47 bits per heavy atom. The maximum absolute atomic E-state index is 11.8. The fourth-order valence-electron chi connectivity index (χ4n) is 1.04. The van der Waals surface area contributed by atoms with Crippen LogP contribution in [0.4, 0.5) is 0 Å². The monoisotopic (exact) mass is 249 g/mol. The second kappa shape index (κ2) is 8.06. The highest BCUT2D eigenvalue weighted by Gasteiger charge is 2.23. The molecule has 6 heteroatoms. The Balaban J connectivity index is 4.36. The van der Waals surface area contributed by atoms with Crippen molar-refractivity contribution in [3.8, 4) is 0 Å². The van der Waals surface area contributed by atoms with Gasteiger partial charge in [-0.1, -0.05) is 15.3 Å². The van der Waals surface area contributed by atoms with E-state index in [1.165, 1.54) is 14.2 Å². The molecule has 0 aliphatic rings. The van der Waals surface area contributed by atoms with Gasteiger partial charge in [-0.2, -0.15) is 0 Å². The molecule has 0 aliphatic carbocycles. The van der Waals surface area contributed by atoms with E-state index < -0.39 is 14.3 Å². The molecule has 0 fully saturated rings. The summed E-state index contributed by atoms with van der Waals surface area (Å²) in [5, 5.41) is 7.46. The first-order valence-electron chi connectivity index (χ1n) is 4.40. The number of Topliss-reactive ketones (excluding diaryl/α,β-unsaturated/α-hetero) is 1. The molecule has 1 unspecified atom stereocenters. The topological polar surface area (TPSA) is 59.4 Å². The predicted octanol–water partition coefficient (Wildman–Crippen LogP) is 2.20. The quantitative estimate of drug-likeness (QED) is 0.407. The molecule has 4 nitrogen and oxygen atoms in total. The number of hydrogen-bond donors (Lipinski definition) is 1. The fraction of sp³-hybridized carbons (Fsp3) is 0.556. The summed E-state index contributed by atoms with van der Waals surface area (Å²) in [6.07, 6.45) is 2.35. The number of rotatable bonds is 8. The van der Waals surface area contributed by atoms with Gasteiger partial charge >= 0.3 is 0 Å². The van der Waals surface area contributed by atoms with Crippen LogP contribution in [0, 0.1) is 11.3 Å². The zero-order chi connectivity index (χ0) is 11.8. The summed E-state index contributed by atoms with van der Waals surface area (Å²) in [5.41, 5.74) is 0.280. The fourth-order valence-corrected chi connectivity index (χ4v) is 2.24. The molecule has 0 spiro atoms. The minimum absolute atomic E-state index is 0.0373. The summed E-state index contributed by atoms with van der Waals surface area (Å²) < 4.78 is 9.99. The van der Waals surface area contributed by atoms with Crippen LogP contribution in [0.2, 0.25) is 0 Å². The molecule has 0 rings (SSSR count). The summed E-state index contributed by atoms with van der Waals surface area (Å²) >= 11 is 0. The maximum atomic E-state index is 11.8. The minimum atomic E-state index is -1.15. The molecule has 0 amide bonds. The van der Waals surface area contributed by atoms with Crippen molar-refractivity contribution in [2.75, 3.05) is 20.4 Å². The number of carbonyl (C=O) groups is 1. The first-order valence-corrected chi connectivity index (χ1v) is 6.34. The Bertz CT molecular complexity index is 242. The highest BCUT2D eigenvalue weighted by atomic mass is 31.2. The van der Waals surface area contributed by atoms with Gasteiger partial charge in [0.2, 0.25) is 0 Å². The Morgan fingerprint density at radius 2 is 2.13 bits per heavy atom. The Morgan fingerprint density at radius 1 is 1.60 bits per heavy atom. The molecule has 86 valence electrons. The van der Waals surface area contributed by atoms with Gasteiger partial charge in [-0.15, -0.1) is 6.58 Å². The zero-order valence-corrected chi connectivity index (χ0v) is 11.1. The minimum Gasteiger partial charge on any atom is -0.337 e. The van der Waals surface area contributed by atoms with E-state index in [-0.39, 0.29) is 17.4 Å². The second-order valence-corrected chi connectivity index (χ2v) is 5.19. The summed E-state index contributed by atoms with van der Waals surface area (Å²) in [4.78, 5) is 11.8. The molecule has 1 N–H and O–H groups in total. The lowest BCUT2D eigenvalue weighted by molar-refractivity contribution is -0.118. The van der Waals surface area contributed by atoms with Crippen molar-refractivity contribution < 1.29 is 13.8 Å². The molecule has 0 heterocycles. The van der Waals surface area contributed by atoms with Gasteiger partial charge in [0.1, 0.15) is 0 Å². The second-order valence-electron chi connectivity index (χ2n) is 2.85. The maximum Gasteiger partial charge on any atom is 0.177 e. The van der Waals surface area contributed by atoms with Crippen molar-refractivity contribution in [1.82, 2.24) is 0 Å². The highest BCUT2D eigenvalue weighted by molar-refractivity contribution is 7.48. The normalized spacial score (nSPS) is 12.5. The predicted molar refractivity (Wildman–Crippen MR) is 66.6 cm³/mol. The van der Waals surface area contributed by atoms with Crippen LogP contribution in [0.1, 0.15) is 6.42 Å². The van der Waals surface area contributed by atoms with Crippen molar-refractivity contribution in [3.63, 3.8) is 0 Å². The van der Waals surface area contributed by atoms with Gasteiger partial charge in [0.25, 0.3) is 0 Å². The molecule has 0 aromatic heterocycles. The van der Waals surface area contributed by atoms with E-state index in [0.717, 1.165) is 0 Å². The Hall–Kier alpha value is -0.140. The third-order valence-corrected chi connectivity index (χ3v) is 3.65. The van der Waals surface area contributed by atoms with E-state index >= 15 is 0 Å². The van der Waals surface area contributed by atoms with Gasteiger partial charge in [-0.3, -0.25) is 4.79 Å². The number of carbonyl (C=O) groups excluding carboxylic acids is 1. The van der Waals surface area contributed by atoms with Crippen molar-refractivity contribution in [2.24, 2.45) is 5.92 Å².